The zero-order valence-corrected chi connectivity index (χ0v) is 18.4. The van der Waals surface area contributed by atoms with E-state index in [1.54, 1.807) is 18.2 Å². The van der Waals surface area contributed by atoms with Gasteiger partial charge in [-0.15, -0.1) is 0 Å². The first-order valence-electron chi connectivity index (χ1n) is 8.69. The van der Waals surface area contributed by atoms with E-state index in [1.807, 2.05) is 20.8 Å². The molecule has 0 fully saturated rings. The molecule has 1 amide bonds. The number of carbonyl (C=O) groups is 1. The second-order valence-corrected chi connectivity index (χ2v) is 9.99. The van der Waals surface area contributed by atoms with Crippen LogP contribution in [-0.4, -0.2) is 41.5 Å². The van der Waals surface area contributed by atoms with Crippen molar-refractivity contribution in [1.29, 1.82) is 0 Å². The first kappa shape index (κ1) is 21.3. The number of anilines is 1. The largest absolute Gasteiger partial charge is 0.301 e. The minimum atomic E-state index is -3.53. The normalized spacial score (nSPS) is 13.3. The van der Waals surface area contributed by atoms with Gasteiger partial charge in [-0.25, -0.2) is 13.4 Å². The van der Waals surface area contributed by atoms with E-state index in [1.165, 1.54) is 15.6 Å². The first-order chi connectivity index (χ1) is 12.3. The van der Waals surface area contributed by atoms with Crippen LogP contribution in [0, 0.1) is 0 Å². The van der Waals surface area contributed by atoms with E-state index in [0.717, 1.165) is 17.5 Å². The van der Waals surface area contributed by atoms with Crippen LogP contribution in [-0.2, 0) is 14.8 Å². The number of benzene rings is 1. The standard InChI is InChI=1S/C17H24BrN3O3S2/c1-4-9-21(10-5-2)26(23,24)12-7-8-14-15(11-12)25-17(19-14)20-16(22)13(18)6-3/h7-8,11,13H,4-6,9-10H2,1-3H3,(H,19,20,22). The molecule has 0 aliphatic rings. The summed E-state index contributed by atoms with van der Waals surface area (Å²) in [7, 11) is -3.53. The van der Waals surface area contributed by atoms with Crippen LogP contribution in [0.15, 0.2) is 23.1 Å². The highest BCUT2D eigenvalue weighted by atomic mass is 79.9. The van der Waals surface area contributed by atoms with Crippen molar-refractivity contribution in [3.05, 3.63) is 18.2 Å². The average molecular weight is 462 g/mol. The smallest absolute Gasteiger partial charge is 0.243 e. The lowest BCUT2D eigenvalue weighted by atomic mass is 10.3. The Hall–Kier alpha value is -1.03. The maximum absolute atomic E-state index is 12.9. The Bertz CT molecular complexity index is 861. The molecule has 1 aromatic heterocycles. The van der Waals surface area contributed by atoms with Gasteiger partial charge in [0, 0.05) is 13.1 Å². The maximum atomic E-state index is 12.9. The molecule has 0 spiro atoms. The van der Waals surface area contributed by atoms with E-state index in [0.29, 0.717) is 30.2 Å². The van der Waals surface area contributed by atoms with Crippen molar-refractivity contribution in [2.45, 2.75) is 49.8 Å². The predicted octanol–water partition coefficient (Wildman–Crippen LogP) is 4.22. The van der Waals surface area contributed by atoms with E-state index in [2.05, 4.69) is 26.2 Å². The number of amides is 1. The molecule has 0 saturated heterocycles. The lowest BCUT2D eigenvalue weighted by Gasteiger charge is -2.20. The van der Waals surface area contributed by atoms with Gasteiger partial charge in [0.2, 0.25) is 15.9 Å². The molecule has 0 radical (unpaired) electrons. The van der Waals surface area contributed by atoms with Crippen LogP contribution in [0.4, 0.5) is 5.13 Å². The summed E-state index contributed by atoms with van der Waals surface area (Å²) in [6.07, 6.45) is 2.20. The highest BCUT2D eigenvalue weighted by Gasteiger charge is 2.24. The molecule has 26 heavy (non-hydrogen) atoms. The fourth-order valence-electron chi connectivity index (χ4n) is 2.49. The summed E-state index contributed by atoms with van der Waals surface area (Å²) in [5.74, 6) is -0.156. The third-order valence-electron chi connectivity index (χ3n) is 3.82. The van der Waals surface area contributed by atoms with Gasteiger partial charge < -0.3 is 5.32 Å². The highest BCUT2D eigenvalue weighted by molar-refractivity contribution is 9.10. The SMILES string of the molecule is CCCN(CCC)S(=O)(=O)c1ccc2nc(NC(=O)C(Br)CC)sc2c1. The van der Waals surface area contributed by atoms with E-state index < -0.39 is 10.0 Å². The van der Waals surface area contributed by atoms with Crippen molar-refractivity contribution in [3.63, 3.8) is 0 Å². The van der Waals surface area contributed by atoms with Gasteiger partial charge in [0.1, 0.15) is 0 Å². The zero-order valence-electron chi connectivity index (χ0n) is 15.2. The Kier molecular flexibility index (Phi) is 7.57. The number of hydrogen-bond donors (Lipinski definition) is 1. The molecule has 0 saturated carbocycles. The summed E-state index contributed by atoms with van der Waals surface area (Å²) in [5, 5.41) is 3.23. The number of thiazole rings is 1. The van der Waals surface area contributed by atoms with Gasteiger partial charge in [0.15, 0.2) is 5.13 Å². The number of halogens is 1. The summed E-state index contributed by atoms with van der Waals surface area (Å²) in [6, 6.07) is 4.91. The first-order valence-corrected chi connectivity index (χ1v) is 11.9. The lowest BCUT2D eigenvalue weighted by molar-refractivity contribution is -0.115. The minimum absolute atomic E-state index is 0.156. The van der Waals surface area contributed by atoms with E-state index in [4.69, 9.17) is 0 Å². The molecule has 144 valence electrons. The van der Waals surface area contributed by atoms with Crippen LogP contribution in [0.2, 0.25) is 0 Å². The van der Waals surface area contributed by atoms with Crippen molar-refractivity contribution >= 4 is 58.5 Å². The molecule has 2 aromatic rings. The van der Waals surface area contributed by atoms with Crippen molar-refractivity contribution in [2.75, 3.05) is 18.4 Å². The molecule has 0 aliphatic heterocycles. The van der Waals surface area contributed by atoms with Crippen molar-refractivity contribution in [1.82, 2.24) is 9.29 Å². The van der Waals surface area contributed by atoms with Gasteiger partial charge in [0.25, 0.3) is 0 Å². The molecule has 0 bridgehead atoms. The van der Waals surface area contributed by atoms with Crippen LogP contribution in [0.1, 0.15) is 40.0 Å². The summed E-state index contributed by atoms with van der Waals surface area (Å²) in [5.41, 5.74) is 0.671. The molecule has 1 aromatic carbocycles. The molecule has 6 nitrogen and oxygen atoms in total. The Morgan fingerprint density at radius 1 is 1.27 bits per heavy atom. The van der Waals surface area contributed by atoms with Crippen LogP contribution in [0.5, 0.6) is 0 Å². The molecule has 9 heteroatoms. The van der Waals surface area contributed by atoms with E-state index in [-0.39, 0.29) is 15.6 Å². The summed E-state index contributed by atoms with van der Waals surface area (Å²) in [6.45, 7) is 6.84. The van der Waals surface area contributed by atoms with Crippen LogP contribution in [0.25, 0.3) is 10.2 Å². The molecule has 1 unspecified atom stereocenters. The fraction of sp³-hybridized carbons (Fsp3) is 0.529. The van der Waals surface area contributed by atoms with Gasteiger partial charge in [-0.2, -0.15) is 4.31 Å². The Labute approximate surface area is 167 Å². The quantitative estimate of drug-likeness (QED) is 0.566. The second kappa shape index (κ2) is 9.25. The number of alkyl halides is 1. The molecule has 1 atom stereocenters. The molecular weight excluding hydrogens is 438 g/mol. The Balaban J connectivity index is 2.32. The predicted molar refractivity (Wildman–Crippen MR) is 111 cm³/mol. The summed E-state index contributed by atoms with van der Waals surface area (Å²) < 4.78 is 28.1. The van der Waals surface area contributed by atoms with Gasteiger partial charge in [-0.1, -0.05) is 48.0 Å². The number of nitrogens with one attached hydrogen (secondary N) is 1. The third-order valence-corrected chi connectivity index (χ3v) is 7.71. The fourth-order valence-corrected chi connectivity index (χ4v) is 5.24. The number of nitrogens with zero attached hydrogens (tertiary/aromatic N) is 2. The third kappa shape index (κ3) is 4.82. The highest BCUT2D eigenvalue weighted by Crippen LogP contribution is 2.29. The molecular formula is C17H24BrN3O3S2. The summed E-state index contributed by atoms with van der Waals surface area (Å²) >= 11 is 4.58. The average Bonchev–Trinajstić information content (AvgIpc) is 3.01. The monoisotopic (exact) mass is 461 g/mol. The molecule has 2 rings (SSSR count). The number of hydrogen-bond acceptors (Lipinski definition) is 5. The Morgan fingerprint density at radius 2 is 1.92 bits per heavy atom. The molecule has 1 heterocycles. The maximum Gasteiger partial charge on any atom is 0.243 e. The molecule has 0 aliphatic carbocycles. The molecule has 1 N–H and O–H groups in total. The van der Waals surface area contributed by atoms with Crippen LogP contribution >= 0.6 is 27.3 Å². The second-order valence-electron chi connectivity index (χ2n) is 5.92. The van der Waals surface area contributed by atoms with Crippen molar-refractivity contribution in [3.8, 4) is 0 Å². The number of fused-ring (bicyclic) bond motifs is 1. The van der Waals surface area contributed by atoms with E-state index in [9.17, 15) is 13.2 Å². The number of aromatic nitrogens is 1. The lowest BCUT2D eigenvalue weighted by Crippen LogP contribution is -2.32. The number of sulfonamides is 1. The zero-order chi connectivity index (χ0) is 19.3. The van der Waals surface area contributed by atoms with E-state index >= 15 is 0 Å². The van der Waals surface area contributed by atoms with Crippen LogP contribution in [0.3, 0.4) is 0 Å². The van der Waals surface area contributed by atoms with Gasteiger partial charge in [-0.3, -0.25) is 4.79 Å². The van der Waals surface area contributed by atoms with Gasteiger partial charge >= 0.3 is 0 Å². The minimum Gasteiger partial charge on any atom is -0.301 e. The summed E-state index contributed by atoms with van der Waals surface area (Å²) in [4.78, 5) is 16.3. The topological polar surface area (TPSA) is 79.4 Å². The van der Waals surface area contributed by atoms with Gasteiger partial charge in [-0.05, 0) is 37.5 Å². The van der Waals surface area contributed by atoms with Crippen LogP contribution < -0.4 is 5.32 Å². The Morgan fingerprint density at radius 3 is 2.50 bits per heavy atom. The van der Waals surface area contributed by atoms with Crippen molar-refractivity contribution < 1.29 is 13.2 Å². The number of carbonyl (C=O) groups excluding carboxylic acids is 1. The van der Waals surface area contributed by atoms with Gasteiger partial charge in [0.05, 0.1) is 19.9 Å². The van der Waals surface area contributed by atoms with Crippen molar-refractivity contribution in [2.24, 2.45) is 0 Å². The number of rotatable bonds is 9.